The number of aromatic amines is 1. The molecule has 0 aliphatic rings. The van der Waals surface area contributed by atoms with Crippen LogP contribution in [-0.4, -0.2) is 4.98 Å². The average molecular weight is 245 g/mol. The lowest BCUT2D eigenvalue weighted by atomic mass is 10.1. The summed E-state index contributed by atoms with van der Waals surface area (Å²) in [4.78, 5) is 14.9. The van der Waals surface area contributed by atoms with Gasteiger partial charge in [-0.3, -0.25) is 4.79 Å². The van der Waals surface area contributed by atoms with Crippen molar-refractivity contribution >= 4 is 21.6 Å². The Kier molecular flexibility index (Phi) is 2.30. The molecule has 3 aromatic rings. The lowest BCUT2D eigenvalue weighted by molar-refractivity contribution is 0.631. The number of halogens is 1. The summed E-state index contributed by atoms with van der Waals surface area (Å²) in [5, 5.41) is 1.84. The van der Waals surface area contributed by atoms with E-state index in [1.54, 1.807) is 18.2 Å². The molecule has 0 unspecified atom stereocenters. The summed E-state index contributed by atoms with van der Waals surface area (Å²) < 4.78 is 14.3. The van der Waals surface area contributed by atoms with Crippen molar-refractivity contribution in [2.45, 2.75) is 0 Å². The van der Waals surface area contributed by atoms with Gasteiger partial charge < -0.3 is 4.98 Å². The molecule has 84 valence electrons. The maximum atomic E-state index is 13.6. The van der Waals surface area contributed by atoms with Crippen molar-refractivity contribution in [3.8, 4) is 11.3 Å². The Labute approximate surface area is 100 Å². The molecule has 0 spiro atoms. The van der Waals surface area contributed by atoms with Crippen molar-refractivity contribution in [2.24, 2.45) is 0 Å². The van der Waals surface area contributed by atoms with Crippen molar-refractivity contribution in [1.82, 2.24) is 4.98 Å². The minimum absolute atomic E-state index is 0.0768. The molecule has 1 N–H and O–H groups in total. The third-order valence-electron chi connectivity index (χ3n) is 2.60. The van der Waals surface area contributed by atoms with Gasteiger partial charge in [0.1, 0.15) is 5.82 Å². The predicted octanol–water partition coefficient (Wildman–Crippen LogP) is 3.40. The highest BCUT2D eigenvalue weighted by molar-refractivity contribution is 7.17. The van der Waals surface area contributed by atoms with Gasteiger partial charge in [-0.2, -0.15) is 0 Å². The van der Waals surface area contributed by atoms with Crippen LogP contribution in [0.2, 0.25) is 0 Å². The van der Waals surface area contributed by atoms with Crippen molar-refractivity contribution in [3.63, 3.8) is 0 Å². The summed E-state index contributed by atoms with van der Waals surface area (Å²) in [5.74, 6) is -0.335. The van der Waals surface area contributed by atoms with Gasteiger partial charge in [-0.05, 0) is 23.6 Å². The third kappa shape index (κ3) is 1.66. The van der Waals surface area contributed by atoms with Gasteiger partial charge in [-0.15, -0.1) is 11.3 Å². The molecule has 0 aliphatic carbocycles. The molecule has 1 aromatic carbocycles. The number of rotatable bonds is 1. The highest BCUT2D eigenvalue weighted by Crippen LogP contribution is 2.23. The zero-order valence-corrected chi connectivity index (χ0v) is 9.55. The average Bonchev–Trinajstić information content (AvgIpc) is 2.78. The van der Waals surface area contributed by atoms with E-state index in [1.807, 2.05) is 11.4 Å². The molecular formula is C13H8FNOS. The van der Waals surface area contributed by atoms with Crippen LogP contribution in [0.5, 0.6) is 0 Å². The first-order valence-corrected chi connectivity index (χ1v) is 5.99. The van der Waals surface area contributed by atoms with E-state index in [4.69, 9.17) is 0 Å². The predicted molar refractivity (Wildman–Crippen MR) is 67.8 cm³/mol. The van der Waals surface area contributed by atoms with Crippen LogP contribution in [0.1, 0.15) is 0 Å². The molecule has 0 saturated carbocycles. The number of hydrogen-bond donors (Lipinski definition) is 1. The second kappa shape index (κ2) is 3.82. The van der Waals surface area contributed by atoms with Crippen molar-refractivity contribution in [1.29, 1.82) is 0 Å². The molecule has 0 amide bonds. The van der Waals surface area contributed by atoms with Gasteiger partial charge in [-0.1, -0.05) is 12.1 Å². The number of H-pyrrole nitrogens is 1. The first-order chi connectivity index (χ1) is 8.25. The molecule has 3 rings (SSSR count). The highest BCUT2D eigenvalue weighted by Gasteiger charge is 2.08. The molecule has 0 fully saturated rings. The van der Waals surface area contributed by atoms with Crippen LogP contribution in [0.4, 0.5) is 4.39 Å². The normalized spacial score (nSPS) is 10.9. The smallest absolute Gasteiger partial charge is 0.199 e. The van der Waals surface area contributed by atoms with Gasteiger partial charge in [0, 0.05) is 11.6 Å². The van der Waals surface area contributed by atoms with Crippen LogP contribution in [0, 0.1) is 5.82 Å². The van der Waals surface area contributed by atoms with Gasteiger partial charge in [-0.25, -0.2) is 4.39 Å². The zero-order chi connectivity index (χ0) is 11.8. The van der Waals surface area contributed by atoms with Crippen LogP contribution in [-0.2, 0) is 0 Å². The molecule has 4 heteroatoms. The lowest BCUT2D eigenvalue weighted by Gasteiger charge is -2.03. The number of nitrogens with one attached hydrogen (secondary N) is 1. The molecule has 2 heterocycles. The first-order valence-electron chi connectivity index (χ1n) is 5.11. The summed E-state index contributed by atoms with van der Waals surface area (Å²) >= 11 is 1.38. The van der Waals surface area contributed by atoms with Crippen molar-refractivity contribution < 1.29 is 4.39 Å². The second-order valence-electron chi connectivity index (χ2n) is 3.69. The summed E-state index contributed by atoms with van der Waals surface area (Å²) in [7, 11) is 0. The Hall–Kier alpha value is -1.94. The Morgan fingerprint density at radius 3 is 2.82 bits per heavy atom. The van der Waals surface area contributed by atoms with E-state index in [-0.39, 0.29) is 11.2 Å². The Morgan fingerprint density at radius 1 is 1.18 bits per heavy atom. The largest absolute Gasteiger partial charge is 0.354 e. The van der Waals surface area contributed by atoms with Gasteiger partial charge in [0.15, 0.2) is 5.43 Å². The van der Waals surface area contributed by atoms with Crippen LogP contribution in [0.15, 0.2) is 46.6 Å². The van der Waals surface area contributed by atoms with E-state index < -0.39 is 0 Å². The van der Waals surface area contributed by atoms with E-state index >= 15 is 0 Å². The van der Waals surface area contributed by atoms with Crippen LogP contribution in [0.3, 0.4) is 0 Å². The molecule has 0 aliphatic heterocycles. The summed E-state index contributed by atoms with van der Waals surface area (Å²) in [5.41, 5.74) is 1.60. The monoisotopic (exact) mass is 245 g/mol. The van der Waals surface area contributed by atoms with Crippen LogP contribution in [0.25, 0.3) is 21.5 Å². The second-order valence-corrected chi connectivity index (χ2v) is 4.61. The Bertz CT molecular complexity index is 744. The maximum absolute atomic E-state index is 13.6. The zero-order valence-electron chi connectivity index (χ0n) is 8.74. The fourth-order valence-corrected chi connectivity index (χ4v) is 2.56. The molecule has 2 aromatic heterocycles. The minimum Gasteiger partial charge on any atom is -0.354 e. The van der Waals surface area contributed by atoms with Gasteiger partial charge in [0.25, 0.3) is 0 Å². The SMILES string of the molecule is O=c1cc(-c2ccccc2F)[nH]c2ccsc12. The summed E-state index contributed by atoms with van der Waals surface area (Å²) in [6.07, 6.45) is 0. The Balaban J connectivity index is 2.32. The fraction of sp³-hybridized carbons (Fsp3) is 0. The van der Waals surface area contributed by atoms with Crippen LogP contribution >= 0.6 is 11.3 Å². The first kappa shape index (κ1) is 10.2. The topological polar surface area (TPSA) is 32.9 Å². The van der Waals surface area contributed by atoms with E-state index in [0.29, 0.717) is 16.0 Å². The van der Waals surface area contributed by atoms with Gasteiger partial charge in [0.2, 0.25) is 0 Å². The number of thiophene rings is 1. The Morgan fingerprint density at radius 2 is 2.00 bits per heavy atom. The third-order valence-corrected chi connectivity index (χ3v) is 3.53. The van der Waals surface area contributed by atoms with Crippen molar-refractivity contribution in [3.05, 3.63) is 57.8 Å². The molecule has 0 saturated heterocycles. The van der Waals surface area contributed by atoms with E-state index in [1.165, 1.54) is 23.5 Å². The number of pyridine rings is 1. The van der Waals surface area contributed by atoms with Gasteiger partial charge in [0.05, 0.1) is 15.9 Å². The van der Waals surface area contributed by atoms with E-state index in [9.17, 15) is 9.18 Å². The quantitative estimate of drug-likeness (QED) is 0.700. The van der Waals surface area contributed by atoms with Gasteiger partial charge >= 0.3 is 0 Å². The van der Waals surface area contributed by atoms with Crippen molar-refractivity contribution in [2.75, 3.05) is 0 Å². The number of fused-ring (bicyclic) bond motifs is 1. The van der Waals surface area contributed by atoms with E-state index in [0.717, 1.165) is 5.52 Å². The molecule has 0 radical (unpaired) electrons. The standard InChI is InChI=1S/C13H8FNOS/c14-9-4-2-1-3-8(9)11-7-12(16)13-10(15-11)5-6-17-13/h1-7H,(H,15,16). The fourth-order valence-electron chi connectivity index (χ4n) is 1.80. The summed E-state index contributed by atoms with van der Waals surface area (Å²) in [6, 6.07) is 9.67. The molecule has 0 bridgehead atoms. The number of benzene rings is 1. The number of aromatic nitrogens is 1. The molecular weight excluding hydrogens is 237 g/mol. The lowest BCUT2D eigenvalue weighted by Crippen LogP contribution is -2.00. The molecule has 2 nitrogen and oxygen atoms in total. The van der Waals surface area contributed by atoms with E-state index in [2.05, 4.69) is 4.98 Å². The molecule has 17 heavy (non-hydrogen) atoms. The summed E-state index contributed by atoms with van der Waals surface area (Å²) in [6.45, 7) is 0. The maximum Gasteiger partial charge on any atom is 0.199 e. The number of hydrogen-bond acceptors (Lipinski definition) is 2. The highest BCUT2D eigenvalue weighted by atomic mass is 32.1. The van der Waals surface area contributed by atoms with Crippen LogP contribution < -0.4 is 5.43 Å². The molecule has 0 atom stereocenters. The minimum atomic E-state index is -0.335.